The molecule has 0 aromatic heterocycles. The molecule has 2 aliphatic heterocycles. The minimum absolute atomic E-state index is 0.187. The van der Waals surface area contributed by atoms with Crippen molar-refractivity contribution in [3.63, 3.8) is 0 Å². The number of hydroxylamine groups is 1. The number of methoxy groups -OCH3 is 1. The number of rotatable bonds is 5. The molecule has 2 fully saturated rings. The number of para-hydroxylation sites is 1. The number of amides is 2. The molecule has 140 valence electrons. The third-order valence-electron chi connectivity index (χ3n) is 4.95. The number of carbonyl (C=O) groups is 2. The fraction of sp³-hybridized carbons (Fsp3) is 0.300. The van der Waals surface area contributed by atoms with E-state index in [1.807, 2.05) is 30.3 Å². The largest absolute Gasteiger partial charge is 0.383 e. The van der Waals surface area contributed by atoms with E-state index < -0.39 is 18.1 Å². The van der Waals surface area contributed by atoms with Crippen LogP contribution in [-0.4, -0.2) is 43.1 Å². The van der Waals surface area contributed by atoms with Gasteiger partial charge in [-0.3, -0.25) is 19.3 Å². The second-order valence-corrected chi connectivity index (χ2v) is 6.53. The number of benzene rings is 2. The predicted octanol–water partition coefficient (Wildman–Crippen LogP) is 2.32. The van der Waals surface area contributed by atoms with Crippen LogP contribution in [0.4, 0.5) is 10.1 Å². The molecule has 0 N–H and O–H groups in total. The number of hydrogen-bond acceptors (Lipinski definition) is 5. The Morgan fingerprint density at radius 2 is 1.74 bits per heavy atom. The fourth-order valence-corrected chi connectivity index (χ4v) is 3.67. The van der Waals surface area contributed by atoms with Gasteiger partial charge in [0.2, 0.25) is 5.91 Å². The Morgan fingerprint density at radius 3 is 2.41 bits per heavy atom. The Kier molecular flexibility index (Phi) is 4.63. The van der Waals surface area contributed by atoms with Crippen molar-refractivity contribution in [2.75, 3.05) is 25.3 Å². The monoisotopic (exact) mass is 370 g/mol. The van der Waals surface area contributed by atoms with Gasteiger partial charge in [-0.15, -0.1) is 0 Å². The molecule has 0 radical (unpaired) electrons. The van der Waals surface area contributed by atoms with E-state index in [4.69, 9.17) is 9.57 Å². The van der Waals surface area contributed by atoms with Crippen molar-refractivity contribution in [3.05, 3.63) is 66.0 Å². The zero-order chi connectivity index (χ0) is 19.0. The van der Waals surface area contributed by atoms with Gasteiger partial charge in [-0.1, -0.05) is 30.3 Å². The minimum Gasteiger partial charge on any atom is -0.383 e. The zero-order valence-electron chi connectivity index (χ0n) is 14.7. The molecule has 0 unspecified atom stereocenters. The molecule has 7 heteroatoms. The van der Waals surface area contributed by atoms with Crippen molar-refractivity contribution < 1.29 is 23.6 Å². The van der Waals surface area contributed by atoms with Gasteiger partial charge >= 0.3 is 0 Å². The molecule has 2 heterocycles. The third-order valence-corrected chi connectivity index (χ3v) is 4.95. The minimum atomic E-state index is -0.899. The maximum atomic E-state index is 13.4. The molecular weight excluding hydrogens is 351 g/mol. The van der Waals surface area contributed by atoms with Crippen LogP contribution in [0.15, 0.2) is 54.6 Å². The maximum absolute atomic E-state index is 13.4. The van der Waals surface area contributed by atoms with Crippen molar-refractivity contribution in [3.8, 4) is 0 Å². The molecule has 27 heavy (non-hydrogen) atoms. The van der Waals surface area contributed by atoms with Gasteiger partial charge in [0.25, 0.3) is 5.91 Å². The van der Waals surface area contributed by atoms with Crippen molar-refractivity contribution in [2.45, 2.75) is 12.1 Å². The summed E-state index contributed by atoms with van der Waals surface area (Å²) in [4.78, 5) is 32.9. The summed E-state index contributed by atoms with van der Waals surface area (Å²) in [5, 5.41) is 1.59. The molecule has 2 saturated heterocycles. The van der Waals surface area contributed by atoms with E-state index in [-0.39, 0.29) is 30.8 Å². The zero-order valence-corrected chi connectivity index (χ0v) is 14.7. The highest BCUT2D eigenvalue weighted by Crippen LogP contribution is 2.46. The molecule has 2 aliphatic rings. The van der Waals surface area contributed by atoms with E-state index in [2.05, 4.69) is 0 Å². The Labute approximate surface area is 156 Å². The number of hydrogen-bond donors (Lipinski definition) is 0. The van der Waals surface area contributed by atoms with Gasteiger partial charge < -0.3 is 4.74 Å². The Hall–Kier alpha value is -2.77. The average Bonchev–Trinajstić information content (AvgIpc) is 3.19. The van der Waals surface area contributed by atoms with Gasteiger partial charge in [-0.2, -0.15) is 0 Å². The normalized spacial score (nSPS) is 24.6. The molecule has 2 aromatic carbocycles. The topological polar surface area (TPSA) is 59.1 Å². The summed E-state index contributed by atoms with van der Waals surface area (Å²) >= 11 is 0. The Bertz CT molecular complexity index is 843. The van der Waals surface area contributed by atoms with Crippen LogP contribution < -0.4 is 5.06 Å². The van der Waals surface area contributed by atoms with Gasteiger partial charge in [0, 0.05) is 7.11 Å². The van der Waals surface area contributed by atoms with Gasteiger partial charge in [-0.05, 0) is 29.8 Å². The lowest BCUT2D eigenvalue weighted by molar-refractivity contribution is -0.143. The molecule has 2 amide bonds. The summed E-state index contributed by atoms with van der Waals surface area (Å²) < 4.78 is 18.4. The molecule has 2 aromatic rings. The molecule has 0 spiro atoms. The quantitative estimate of drug-likeness (QED) is 0.756. The van der Waals surface area contributed by atoms with Gasteiger partial charge in [0.15, 0.2) is 6.10 Å². The summed E-state index contributed by atoms with van der Waals surface area (Å²) in [7, 11) is 1.51. The van der Waals surface area contributed by atoms with Crippen LogP contribution in [0.2, 0.25) is 0 Å². The van der Waals surface area contributed by atoms with E-state index in [0.717, 1.165) is 5.69 Å². The number of anilines is 1. The molecule has 0 bridgehead atoms. The number of imide groups is 1. The lowest BCUT2D eigenvalue weighted by atomic mass is 9.90. The predicted molar refractivity (Wildman–Crippen MR) is 95.0 cm³/mol. The maximum Gasteiger partial charge on any atom is 0.262 e. The summed E-state index contributed by atoms with van der Waals surface area (Å²) in [5.74, 6) is -1.72. The second-order valence-electron chi connectivity index (χ2n) is 6.53. The first-order valence-electron chi connectivity index (χ1n) is 8.72. The number of halogens is 1. The van der Waals surface area contributed by atoms with E-state index in [0.29, 0.717) is 5.56 Å². The molecule has 4 rings (SSSR count). The number of nitrogens with zero attached hydrogens (tertiary/aromatic N) is 2. The molecular formula is C20H19FN2O4. The van der Waals surface area contributed by atoms with Crippen LogP contribution in [-0.2, 0) is 19.2 Å². The summed E-state index contributed by atoms with van der Waals surface area (Å²) in [6.07, 6.45) is -0.899. The summed E-state index contributed by atoms with van der Waals surface area (Å²) in [5.41, 5.74) is 1.44. The molecule has 3 atom stereocenters. The lowest BCUT2D eigenvalue weighted by Crippen LogP contribution is -2.39. The Balaban J connectivity index is 1.73. The van der Waals surface area contributed by atoms with Crippen molar-refractivity contribution >= 4 is 17.5 Å². The Morgan fingerprint density at radius 1 is 1.04 bits per heavy atom. The molecule has 0 saturated carbocycles. The lowest BCUT2D eigenvalue weighted by Gasteiger charge is -2.28. The van der Waals surface area contributed by atoms with Crippen molar-refractivity contribution in [1.82, 2.24) is 4.90 Å². The van der Waals surface area contributed by atoms with E-state index in [1.165, 1.54) is 24.1 Å². The SMILES string of the molecule is COCCN1C(=O)[C@H]2[C@H](ON(c3ccccc3)[C@H]2c2ccc(F)cc2)C1=O. The van der Waals surface area contributed by atoms with Crippen LogP contribution in [0.1, 0.15) is 11.6 Å². The van der Waals surface area contributed by atoms with E-state index in [1.54, 1.807) is 17.2 Å². The second kappa shape index (κ2) is 7.09. The van der Waals surface area contributed by atoms with Crippen LogP contribution in [0, 0.1) is 11.7 Å². The van der Waals surface area contributed by atoms with Gasteiger partial charge in [0.1, 0.15) is 11.7 Å². The first-order valence-corrected chi connectivity index (χ1v) is 8.72. The number of fused-ring (bicyclic) bond motifs is 1. The summed E-state index contributed by atoms with van der Waals surface area (Å²) in [6, 6.07) is 14.7. The average molecular weight is 370 g/mol. The van der Waals surface area contributed by atoms with Gasteiger partial charge in [0.05, 0.1) is 24.9 Å². The van der Waals surface area contributed by atoms with Crippen LogP contribution >= 0.6 is 0 Å². The van der Waals surface area contributed by atoms with Crippen LogP contribution in [0.25, 0.3) is 0 Å². The number of ether oxygens (including phenoxy) is 1. The highest BCUT2D eigenvalue weighted by atomic mass is 19.1. The standard InChI is InChI=1S/C20H19FN2O4/c1-26-12-11-22-19(24)16-17(13-7-9-14(21)10-8-13)23(27-18(16)20(22)25)15-5-3-2-4-6-15/h2-10,16-18H,11-12H2,1H3/t16-,17+,18+/m1/s1. The number of carbonyl (C=O) groups excluding carboxylic acids is 2. The van der Waals surface area contributed by atoms with Crippen LogP contribution in [0.5, 0.6) is 0 Å². The highest BCUT2D eigenvalue weighted by Gasteiger charge is 2.59. The first-order chi connectivity index (χ1) is 13.1. The highest BCUT2D eigenvalue weighted by molar-refractivity contribution is 6.07. The molecule has 6 nitrogen and oxygen atoms in total. The molecule has 0 aliphatic carbocycles. The van der Waals surface area contributed by atoms with Crippen LogP contribution in [0.3, 0.4) is 0 Å². The first kappa shape index (κ1) is 17.6. The van der Waals surface area contributed by atoms with Crippen molar-refractivity contribution in [2.24, 2.45) is 5.92 Å². The van der Waals surface area contributed by atoms with E-state index in [9.17, 15) is 14.0 Å². The van der Waals surface area contributed by atoms with Gasteiger partial charge in [-0.25, -0.2) is 9.45 Å². The number of likely N-dealkylation sites (tertiary alicyclic amines) is 1. The van der Waals surface area contributed by atoms with E-state index >= 15 is 0 Å². The summed E-state index contributed by atoms with van der Waals surface area (Å²) in [6.45, 7) is 0.451. The third kappa shape index (κ3) is 2.98. The fourth-order valence-electron chi connectivity index (χ4n) is 3.67. The smallest absolute Gasteiger partial charge is 0.262 e. The van der Waals surface area contributed by atoms with Crippen molar-refractivity contribution in [1.29, 1.82) is 0 Å².